The number of nitrogens with zero attached hydrogens (tertiary/aromatic N) is 2. The molecule has 2 heterocycles. The van der Waals surface area contributed by atoms with Crippen LogP contribution in [0.3, 0.4) is 0 Å². The third kappa shape index (κ3) is 3.13. The van der Waals surface area contributed by atoms with Crippen LogP contribution in [0.1, 0.15) is 22.7 Å². The molecule has 0 saturated carbocycles. The fourth-order valence-electron chi connectivity index (χ4n) is 2.77. The van der Waals surface area contributed by atoms with Gasteiger partial charge in [0.2, 0.25) is 5.91 Å². The van der Waals surface area contributed by atoms with Gasteiger partial charge in [-0.1, -0.05) is 24.3 Å². The molecule has 21 heavy (non-hydrogen) atoms. The van der Waals surface area contributed by atoms with Gasteiger partial charge in [-0.05, 0) is 29.5 Å². The van der Waals surface area contributed by atoms with Crippen LogP contribution in [-0.2, 0) is 24.7 Å². The van der Waals surface area contributed by atoms with Gasteiger partial charge in [0.25, 0.3) is 0 Å². The summed E-state index contributed by atoms with van der Waals surface area (Å²) in [6.07, 6.45) is 5.59. The molecular formula is C16H20N4O. The van der Waals surface area contributed by atoms with Crippen LogP contribution in [0.2, 0.25) is 0 Å². The van der Waals surface area contributed by atoms with Gasteiger partial charge >= 0.3 is 0 Å². The highest BCUT2D eigenvalue weighted by Crippen LogP contribution is 2.22. The van der Waals surface area contributed by atoms with Crippen molar-refractivity contribution in [3.63, 3.8) is 0 Å². The highest BCUT2D eigenvalue weighted by Gasteiger charge is 2.25. The van der Waals surface area contributed by atoms with Crippen molar-refractivity contribution in [2.45, 2.75) is 18.9 Å². The van der Waals surface area contributed by atoms with Crippen LogP contribution in [0.25, 0.3) is 0 Å². The summed E-state index contributed by atoms with van der Waals surface area (Å²) in [6, 6.07) is 7.92. The molecule has 0 spiro atoms. The van der Waals surface area contributed by atoms with Crippen molar-refractivity contribution in [2.75, 3.05) is 13.1 Å². The van der Waals surface area contributed by atoms with Crippen LogP contribution in [0, 0.1) is 0 Å². The Morgan fingerprint density at radius 2 is 2.33 bits per heavy atom. The standard InChI is InChI=1S/C16H20N4O/c1-20-11-12(10-19-20)6-8-18-16(21)15-14-5-3-2-4-13(14)7-9-17-15/h2-5,10-11,15,17H,6-9H2,1H3,(H,18,21). The molecule has 0 aliphatic carbocycles. The van der Waals surface area contributed by atoms with Crippen LogP contribution in [0.15, 0.2) is 36.7 Å². The second-order valence-electron chi connectivity index (χ2n) is 5.40. The summed E-state index contributed by atoms with van der Waals surface area (Å²) in [6.45, 7) is 1.47. The Balaban J connectivity index is 1.59. The molecule has 2 N–H and O–H groups in total. The molecule has 2 aromatic rings. The molecule has 1 unspecified atom stereocenters. The summed E-state index contributed by atoms with van der Waals surface area (Å²) in [5.41, 5.74) is 3.50. The van der Waals surface area contributed by atoms with Crippen LogP contribution >= 0.6 is 0 Å². The molecule has 1 aliphatic heterocycles. The van der Waals surface area contributed by atoms with E-state index in [0.717, 1.165) is 30.5 Å². The van der Waals surface area contributed by atoms with Gasteiger partial charge < -0.3 is 10.6 Å². The molecule has 110 valence electrons. The molecule has 0 fully saturated rings. The predicted molar refractivity (Wildman–Crippen MR) is 80.8 cm³/mol. The first-order chi connectivity index (χ1) is 10.2. The second kappa shape index (κ2) is 6.10. The average Bonchev–Trinajstić information content (AvgIpc) is 2.92. The largest absolute Gasteiger partial charge is 0.354 e. The summed E-state index contributed by atoms with van der Waals surface area (Å²) >= 11 is 0. The Morgan fingerprint density at radius 3 is 3.14 bits per heavy atom. The quantitative estimate of drug-likeness (QED) is 0.879. The maximum atomic E-state index is 12.4. The number of benzene rings is 1. The van der Waals surface area contributed by atoms with Crippen molar-refractivity contribution in [2.24, 2.45) is 7.05 Å². The summed E-state index contributed by atoms with van der Waals surface area (Å²) in [4.78, 5) is 12.4. The molecule has 1 atom stereocenters. The van der Waals surface area contributed by atoms with Crippen LogP contribution < -0.4 is 10.6 Å². The molecule has 1 aliphatic rings. The SMILES string of the molecule is Cn1cc(CCNC(=O)C2NCCc3ccccc32)cn1. The van der Waals surface area contributed by atoms with Gasteiger partial charge in [0.05, 0.1) is 6.20 Å². The maximum absolute atomic E-state index is 12.4. The number of fused-ring (bicyclic) bond motifs is 1. The fraction of sp³-hybridized carbons (Fsp3) is 0.375. The molecule has 1 aromatic carbocycles. The van der Waals surface area contributed by atoms with Gasteiger partial charge in [-0.25, -0.2) is 0 Å². The molecule has 5 nitrogen and oxygen atoms in total. The molecule has 3 rings (SSSR count). The Morgan fingerprint density at radius 1 is 1.48 bits per heavy atom. The molecular weight excluding hydrogens is 264 g/mol. The fourth-order valence-corrected chi connectivity index (χ4v) is 2.77. The zero-order chi connectivity index (χ0) is 14.7. The number of amides is 1. The van der Waals surface area contributed by atoms with E-state index in [4.69, 9.17) is 0 Å². The van der Waals surface area contributed by atoms with E-state index in [0.29, 0.717) is 6.54 Å². The topological polar surface area (TPSA) is 59.0 Å². The van der Waals surface area contributed by atoms with Crippen molar-refractivity contribution in [3.05, 3.63) is 53.3 Å². The van der Waals surface area contributed by atoms with E-state index in [-0.39, 0.29) is 11.9 Å². The third-order valence-corrected chi connectivity index (χ3v) is 3.84. The normalized spacial score (nSPS) is 17.3. The number of hydrogen-bond acceptors (Lipinski definition) is 3. The molecule has 0 radical (unpaired) electrons. The zero-order valence-corrected chi connectivity index (χ0v) is 12.2. The van der Waals surface area contributed by atoms with E-state index in [2.05, 4.69) is 21.8 Å². The minimum atomic E-state index is -0.233. The Labute approximate surface area is 124 Å². The van der Waals surface area contributed by atoms with Gasteiger partial charge in [-0.3, -0.25) is 9.48 Å². The first-order valence-electron chi connectivity index (χ1n) is 7.30. The minimum Gasteiger partial charge on any atom is -0.354 e. The van der Waals surface area contributed by atoms with E-state index in [9.17, 15) is 4.79 Å². The number of nitrogens with one attached hydrogen (secondary N) is 2. The Bertz CT molecular complexity index is 635. The second-order valence-corrected chi connectivity index (χ2v) is 5.40. The van der Waals surface area contributed by atoms with Gasteiger partial charge in [0.15, 0.2) is 0 Å². The smallest absolute Gasteiger partial charge is 0.241 e. The predicted octanol–water partition coefficient (Wildman–Crippen LogP) is 0.966. The van der Waals surface area contributed by atoms with Crippen LogP contribution in [-0.4, -0.2) is 28.8 Å². The number of hydrogen-bond donors (Lipinski definition) is 2. The summed E-state index contributed by atoms with van der Waals surface area (Å²) in [7, 11) is 1.89. The lowest BCUT2D eigenvalue weighted by Gasteiger charge is -2.26. The lowest BCUT2D eigenvalue weighted by atomic mass is 9.94. The lowest BCUT2D eigenvalue weighted by molar-refractivity contribution is -0.123. The summed E-state index contributed by atoms with van der Waals surface area (Å²) in [5.74, 6) is 0.0473. The monoisotopic (exact) mass is 284 g/mol. The number of carbonyl (C=O) groups is 1. The first kappa shape index (κ1) is 13.8. The van der Waals surface area contributed by atoms with Crippen molar-refractivity contribution in [3.8, 4) is 0 Å². The number of carbonyl (C=O) groups excluding carboxylic acids is 1. The van der Waals surface area contributed by atoms with Crippen molar-refractivity contribution < 1.29 is 4.79 Å². The Hall–Kier alpha value is -2.14. The van der Waals surface area contributed by atoms with Crippen molar-refractivity contribution in [1.29, 1.82) is 0 Å². The van der Waals surface area contributed by atoms with E-state index >= 15 is 0 Å². The van der Waals surface area contributed by atoms with E-state index in [1.807, 2.05) is 37.6 Å². The van der Waals surface area contributed by atoms with Gasteiger partial charge in [-0.15, -0.1) is 0 Å². The third-order valence-electron chi connectivity index (χ3n) is 3.84. The van der Waals surface area contributed by atoms with E-state index < -0.39 is 0 Å². The average molecular weight is 284 g/mol. The van der Waals surface area contributed by atoms with Crippen molar-refractivity contribution in [1.82, 2.24) is 20.4 Å². The molecule has 0 bridgehead atoms. The highest BCUT2D eigenvalue weighted by atomic mass is 16.2. The highest BCUT2D eigenvalue weighted by molar-refractivity contribution is 5.83. The molecule has 1 aromatic heterocycles. The van der Waals surface area contributed by atoms with Crippen molar-refractivity contribution >= 4 is 5.91 Å². The molecule has 0 saturated heterocycles. The first-order valence-corrected chi connectivity index (χ1v) is 7.30. The van der Waals surface area contributed by atoms with Gasteiger partial charge in [0, 0.05) is 26.3 Å². The lowest BCUT2D eigenvalue weighted by Crippen LogP contribution is -2.41. The van der Waals surface area contributed by atoms with E-state index in [1.54, 1.807) is 4.68 Å². The minimum absolute atomic E-state index is 0.0473. The van der Waals surface area contributed by atoms with E-state index in [1.165, 1.54) is 5.56 Å². The molecule has 1 amide bonds. The van der Waals surface area contributed by atoms with Crippen LogP contribution in [0.4, 0.5) is 0 Å². The molecule has 5 heteroatoms. The van der Waals surface area contributed by atoms with Gasteiger partial charge in [0.1, 0.15) is 6.04 Å². The Kier molecular flexibility index (Phi) is 4.01. The number of aromatic nitrogens is 2. The van der Waals surface area contributed by atoms with Gasteiger partial charge in [-0.2, -0.15) is 5.10 Å². The zero-order valence-electron chi connectivity index (χ0n) is 12.2. The number of rotatable bonds is 4. The summed E-state index contributed by atoms with van der Waals surface area (Å²) < 4.78 is 1.77. The summed E-state index contributed by atoms with van der Waals surface area (Å²) in [5, 5.41) is 10.4. The number of aryl methyl sites for hydroxylation is 1. The maximum Gasteiger partial charge on any atom is 0.241 e. The van der Waals surface area contributed by atoms with Crippen LogP contribution in [0.5, 0.6) is 0 Å².